The maximum absolute atomic E-state index is 6.14. The quantitative estimate of drug-likeness (QED) is 0.753. The van der Waals surface area contributed by atoms with Crippen LogP contribution >= 0.6 is 35.4 Å². The van der Waals surface area contributed by atoms with Crippen molar-refractivity contribution < 1.29 is 0 Å². The van der Waals surface area contributed by atoms with E-state index in [2.05, 4.69) is 28.1 Å². The van der Waals surface area contributed by atoms with Crippen LogP contribution in [0.15, 0.2) is 42.5 Å². The van der Waals surface area contributed by atoms with Crippen molar-refractivity contribution in [1.29, 1.82) is 0 Å². The van der Waals surface area contributed by atoms with Gasteiger partial charge in [0, 0.05) is 47.6 Å². The lowest BCUT2D eigenvalue weighted by Crippen LogP contribution is -2.50. The Balaban J connectivity index is 1.59. The molecule has 1 saturated heterocycles. The van der Waals surface area contributed by atoms with Gasteiger partial charge in [0.25, 0.3) is 0 Å². The summed E-state index contributed by atoms with van der Waals surface area (Å²) in [6.45, 7) is 5.72. The molecule has 24 heavy (non-hydrogen) atoms. The molecule has 3 nitrogen and oxygen atoms in total. The number of aryl methyl sites for hydroxylation is 1. The van der Waals surface area contributed by atoms with Crippen molar-refractivity contribution in [1.82, 2.24) is 4.90 Å². The summed E-state index contributed by atoms with van der Waals surface area (Å²) in [7, 11) is 0. The van der Waals surface area contributed by atoms with Crippen molar-refractivity contribution in [3.8, 4) is 0 Å². The zero-order valence-electron chi connectivity index (χ0n) is 13.4. The van der Waals surface area contributed by atoms with Crippen LogP contribution in [-0.4, -0.2) is 36.2 Å². The minimum absolute atomic E-state index is 0.719. The lowest BCUT2D eigenvalue weighted by atomic mass is 10.1. The molecule has 2 aromatic carbocycles. The zero-order chi connectivity index (χ0) is 17.1. The van der Waals surface area contributed by atoms with E-state index in [1.54, 1.807) is 0 Å². The van der Waals surface area contributed by atoms with Crippen molar-refractivity contribution in [2.45, 2.75) is 6.92 Å². The van der Waals surface area contributed by atoms with E-state index in [-0.39, 0.29) is 0 Å². The Kier molecular flexibility index (Phi) is 5.49. The fourth-order valence-electron chi connectivity index (χ4n) is 2.81. The molecule has 0 aliphatic carbocycles. The number of benzene rings is 2. The molecule has 0 amide bonds. The number of halogens is 2. The Morgan fingerprint density at radius 2 is 1.58 bits per heavy atom. The van der Waals surface area contributed by atoms with Crippen molar-refractivity contribution in [2.24, 2.45) is 0 Å². The third-order valence-electron chi connectivity index (χ3n) is 4.17. The topological polar surface area (TPSA) is 18.5 Å². The highest BCUT2D eigenvalue weighted by Gasteiger charge is 2.20. The first-order valence-corrected chi connectivity index (χ1v) is 9.02. The molecule has 0 radical (unpaired) electrons. The molecular weight excluding hydrogens is 361 g/mol. The van der Waals surface area contributed by atoms with E-state index in [4.69, 9.17) is 35.4 Å². The number of anilines is 2. The van der Waals surface area contributed by atoms with Crippen molar-refractivity contribution in [3.05, 3.63) is 58.1 Å². The fraction of sp³-hybridized carbons (Fsp3) is 0.278. The van der Waals surface area contributed by atoms with E-state index < -0.39 is 0 Å². The molecule has 0 unspecified atom stereocenters. The van der Waals surface area contributed by atoms with Gasteiger partial charge in [-0.15, -0.1) is 0 Å². The normalized spacial score (nSPS) is 14.6. The first-order chi connectivity index (χ1) is 11.5. The summed E-state index contributed by atoms with van der Waals surface area (Å²) in [6, 6.07) is 13.6. The average molecular weight is 380 g/mol. The average Bonchev–Trinajstić information content (AvgIpc) is 2.59. The van der Waals surface area contributed by atoms with Crippen LogP contribution in [0.3, 0.4) is 0 Å². The highest BCUT2D eigenvalue weighted by molar-refractivity contribution is 7.80. The SMILES string of the molecule is Cc1ccc(Cl)cc1N1CCN(C(=S)Nc2ccc(Cl)cc2)CC1. The first kappa shape index (κ1) is 17.3. The summed E-state index contributed by atoms with van der Waals surface area (Å²) in [5, 5.41) is 5.52. The number of nitrogens with one attached hydrogen (secondary N) is 1. The molecule has 0 spiro atoms. The molecule has 1 aliphatic rings. The number of nitrogens with zero attached hydrogens (tertiary/aromatic N) is 2. The molecule has 126 valence electrons. The molecular formula is C18H19Cl2N3S. The second-order valence-electron chi connectivity index (χ2n) is 5.84. The lowest BCUT2D eigenvalue weighted by Gasteiger charge is -2.38. The van der Waals surface area contributed by atoms with Gasteiger partial charge in [0.1, 0.15) is 0 Å². The minimum atomic E-state index is 0.719. The Bertz CT molecular complexity index is 726. The molecule has 1 N–H and O–H groups in total. The van der Waals surface area contributed by atoms with Crippen molar-refractivity contribution in [2.75, 3.05) is 36.4 Å². The molecule has 2 aromatic rings. The number of piperazine rings is 1. The maximum atomic E-state index is 6.14. The summed E-state index contributed by atoms with van der Waals surface area (Å²) < 4.78 is 0. The summed E-state index contributed by atoms with van der Waals surface area (Å²) in [6.07, 6.45) is 0. The van der Waals surface area contributed by atoms with Crippen LogP contribution in [0.2, 0.25) is 10.0 Å². The van der Waals surface area contributed by atoms with Gasteiger partial charge >= 0.3 is 0 Å². The summed E-state index contributed by atoms with van der Waals surface area (Å²) in [4.78, 5) is 4.56. The van der Waals surface area contributed by atoms with Gasteiger partial charge in [-0.05, 0) is 61.1 Å². The van der Waals surface area contributed by atoms with Gasteiger partial charge in [-0.2, -0.15) is 0 Å². The summed E-state index contributed by atoms with van der Waals surface area (Å²) in [5.41, 5.74) is 3.41. The molecule has 0 aromatic heterocycles. The van der Waals surface area contributed by atoms with E-state index in [0.29, 0.717) is 0 Å². The van der Waals surface area contributed by atoms with Crippen LogP contribution in [0, 0.1) is 6.92 Å². The number of rotatable bonds is 2. The number of hydrogen-bond acceptors (Lipinski definition) is 2. The Labute approximate surface area is 158 Å². The van der Waals surface area contributed by atoms with Crippen LogP contribution < -0.4 is 10.2 Å². The van der Waals surface area contributed by atoms with Gasteiger partial charge in [-0.3, -0.25) is 0 Å². The van der Waals surface area contributed by atoms with Crippen molar-refractivity contribution >= 4 is 51.9 Å². The smallest absolute Gasteiger partial charge is 0.173 e. The van der Waals surface area contributed by atoms with Gasteiger partial charge < -0.3 is 15.1 Å². The van der Waals surface area contributed by atoms with Gasteiger partial charge in [0.15, 0.2) is 5.11 Å². The third-order valence-corrected chi connectivity index (χ3v) is 5.02. The highest BCUT2D eigenvalue weighted by Crippen LogP contribution is 2.25. The maximum Gasteiger partial charge on any atom is 0.173 e. The predicted octanol–water partition coefficient (Wildman–Crippen LogP) is 4.82. The van der Waals surface area contributed by atoms with E-state index in [1.165, 1.54) is 11.3 Å². The van der Waals surface area contributed by atoms with Gasteiger partial charge in [-0.25, -0.2) is 0 Å². The van der Waals surface area contributed by atoms with Crippen LogP contribution in [0.5, 0.6) is 0 Å². The van der Waals surface area contributed by atoms with Crippen LogP contribution in [0.4, 0.5) is 11.4 Å². The molecule has 1 fully saturated rings. The molecule has 6 heteroatoms. The standard InChI is InChI=1S/C18H19Cl2N3S/c1-13-2-3-15(20)12-17(13)22-8-10-23(11-9-22)18(24)21-16-6-4-14(19)5-7-16/h2-7,12H,8-11H2,1H3,(H,21,24). The molecule has 0 atom stereocenters. The number of hydrogen-bond donors (Lipinski definition) is 1. The predicted molar refractivity (Wildman–Crippen MR) is 108 cm³/mol. The zero-order valence-corrected chi connectivity index (χ0v) is 15.8. The third kappa shape index (κ3) is 4.12. The Hall–Kier alpha value is -1.49. The van der Waals surface area contributed by atoms with Gasteiger partial charge in [0.2, 0.25) is 0 Å². The summed E-state index contributed by atoms with van der Waals surface area (Å²) >= 11 is 17.6. The Morgan fingerprint density at radius 1 is 0.958 bits per heavy atom. The van der Waals surface area contributed by atoms with E-state index in [1.807, 2.05) is 36.4 Å². The minimum Gasteiger partial charge on any atom is -0.368 e. The molecule has 1 heterocycles. The highest BCUT2D eigenvalue weighted by atomic mass is 35.5. The Morgan fingerprint density at radius 3 is 2.25 bits per heavy atom. The lowest BCUT2D eigenvalue weighted by molar-refractivity contribution is 0.390. The van der Waals surface area contributed by atoms with E-state index in [0.717, 1.165) is 47.0 Å². The second-order valence-corrected chi connectivity index (χ2v) is 7.10. The largest absolute Gasteiger partial charge is 0.368 e. The summed E-state index contributed by atoms with van der Waals surface area (Å²) in [5.74, 6) is 0. The fourth-order valence-corrected chi connectivity index (χ4v) is 3.40. The van der Waals surface area contributed by atoms with Gasteiger partial charge in [-0.1, -0.05) is 29.3 Å². The van der Waals surface area contributed by atoms with E-state index >= 15 is 0 Å². The molecule has 3 rings (SSSR count). The number of thiocarbonyl (C=S) groups is 1. The first-order valence-electron chi connectivity index (χ1n) is 7.85. The monoisotopic (exact) mass is 379 g/mol. The molecule has 0 bridgehead atoms. The van der Waals surface area contributed by atoms with Crippen LogP contribution in [0.25, 0.3) is 0 Å². The molecule has 1 aliphatic heterocycles. The van der Waals surface area contributed by atoms with Crippen LogP contribution in [-0.2, 0) is 0 Å². The van der Waals surface area contributed by atoms with Crippen molar-refractivity contribution in [3.63, 3.8) is 0 Å². The second kappa shape index (κ2) is 7.60. The molecule has 0 saturated carbocycles. The van der Waals surface area contributed by atoms with E-state index in [9.17, 15) is 0 Å². The van der Waals surface area contributed by atoms with Gasteiger partial charge in [0.05, 0.1) is 0 Å². The van der Waals surface area contributed by atoms with Crippen LogP contribution in [0.1, 0.15) is 5.56 Å².